The number of benzene rings is 2. The van der Waals surface area contributed by atoms with Crippen LogP contribution in [0.15, 0.2) is 48.8 Å². The highest BCUT2D eigenvalue weighted by Crippen LogP contribution is 2.37. The van der Waals surface area contributed by atoms with Crippen molar-refractivity contribution in [3.05, 3.63) is 81.6 Å². The van der Waals surface area contributed by atoms with Gasteiger partial charge in [-0.15, -0.1) is 0 Å². The van der Waals surface area contributed by atoms with E-state index in [9.17, 15) is 20.3 Å². The van der Waals surface area contributed by atoms with Crippen LogP contribution in [0, 0.1) is 18.3 Å². The Kier molecular flexibility index (Phi) is 9.87. The van der Waals surface area contributed by atoms with Crippen molar-refractivity contribution >= 4 is 30.3 Å². The Morgan fingerprint density at radius 1 is 1.07 bits per heavy atom. The predicted molar refractivity (Wildman–Crippen MR) is 161 cm³/mol. The van der Waals surface area contributed by atoms with E-state index in [1.54, 1.807) is 24.4 Å². The fourth-order valence-corrected chi connectivity index (χ4v) is 4.78. The third kappa shape index (κ3) is 7.40. The fourth-order valence-electron chi connectivity index (χ4n) is 4.54. The molecule has 0 radical (unpaired) electrons. The molecule has 3 aromatic rings. The molecule has 0 atom stereocenters. The van der Waals surface area contributed by atoms with E-state index >= 15 is 0 Å². The molecule has 0 aliphatic carbocycles. The monoisotopic (exact) mass is 607 g/mol. The van der Waals surface area contributed by atoms with Gasteiger partial charge < -0.3 is 33.9 Å². The van der Waals surface area contributed by atoms with Gasteiger partial charge in [-0.1, -0.05) is 29.8 Å². The van der Waals surface area contributed by atoms with Crippen LogP contribution in [0.25, 0.3) is 0 Å². The number of carbonyl (C=O) groups is 1. The van der Waals surface area contributed by atoms with Crippen LogP contribution in [-0.2, 0) is 29.1 Å². The SMILES string of the molecule is Cc1c(COc2cc(OCc3cncc(C#N)c3)c(CN(CCO)C(=O)O)cc2Cl)cccc1B1OC(C)(C)C(C)(C)O1. The van der Waals surface area contributed by atoms with E-state index in [-0.39, 0.29) is 37.9 Å². The van der Waals surface area contributed by atoms with E-state index in [4.69, 9.17) is 30.4 Å². The molecule has 2 heterocycles. The van der Waals surface area contributed by atoms with Crippen LogP contribution in [0.5, 0.6) is 11.5 Å². The Morgan fingerprint density at radius 2 is 1.77 bits per heavy atom. The zero-order chi connectivity index (χ0) is 31.4. The first-order valence-corrected chi connectivity index (χ1v) is 14.2. The first kappa shape index (κ1) is 32.1. The molecule has 1 fully saturated rings. The summed E-state index contributed by atoms with van der Waals surface area (Å²) in [7, 11) is -0.516. The number of nitriles is 1. The van der Waals surface area contributed by atoms with E-state index in [0.29, 0.717) is 28.2 Å². The Morgan fingerprint density at radius 3 is 2.42 bits per heavy atom. The van der Waals surface area contributed by atoms with Crippen LogP contribution < -0.4 is 14.9 Å². The maximum Gasteiger partial charge on any atom is 0.495 e. The second kappa shape index (κ2) is 13.2. The second-order valence-electron chi connectivity index (χ2n) is 11.3. The molecule has 2 aromatic carbocycles. The third-order valence-electron chi connectivity index (χ3n) is 7.81. The summed E-state index contributed by atoms with van der Waals surface area (Å²) in [6.07, 6.45) is 1.84. The predicted octanol–water partition coefficient (Wildman–Crippen LogP) is 4.84. The Balaban J connectivity index is 1.59. The van der Waals surface area contributed by atoms with E-state index < -0.39 is 24.4 Å². The topological polar surface area (TPSA) is 134 Å². The van der Waals surface area contributed by atoms with E-state index in [1.165, 1.54) is 6.20 Å². The number of aliphatic hydroxyl groups excluding tert-OH is 1. The molecule has 1 aliphatic heterocycles. The van der Waals surface area contributed by atoms with Crippen LogP contribution in [-0.4, -0.2) is 57.7 Å². The molecule has 0 bridgehead atoms. The van der Waals surface area contributed by atoms with Crippen molar-refractivity contribution in [1.29, 1.82) is 5.26 Å². The molecule has 1 saturated heterocycles. The number of pyridine rings is 1. The van der Waals surface area contributed by atoms with Crippen molar-refractivity contribution in [2.24, 2.45) is 0 Å². The van der Waals surface area contributed by atoms with Gasteiger partial charge in [0.2, 0.25) is 0 Å². The summed E-state index contributed by atoms with van der Waals surface area (Å²) < 4.78 is 24.8. The van der Waals surface area contributed by atoms with Gasteiger partial charge in [-0.05, 0) is 63.3 Å². The molecule has 12 heteroatoms. The van der Waals surface area contributed by atoms with Crippen molar-refractivity contribution < 1.29 is 33.8 Å². The number of aliphatic hydroxyl groups is 1. The van der Waals surface area contributed by atoms with E-state index in [0.717, 1.165) is 21.5 Å². The van der Waals surface area contributed by atoms with Crippen LogP contribution >= 0.6 is 11.6 Å². The lowest BCUT2D eigenvalue weighted by molar-refractivity contribution is 0.00578. The number of nitrogens with zero attached hydrogens (tertiary/aromatic N) is 3. The number of aromatic nitrogens is 1. The van der Waals surface area contributed by atoms with Crippen molar-refractivity contribution in [2.75, 3.05) is 13.2 Å². The van der Waals surface area contributed by atoms with Gasteiger partial charge in [-0.25, -0.2) is 4.79 Å². The molecular formula is C31H35BClN3O7. The molecule has 0 unspecified atom stereocenters. The van der Waals surface area contributed by atoms with Gasteiger partial charge in [-0.2, -0.15) is 5.26 Å². The lowest BCUT2D eigenvalue weighted by atomic mass is 9.75. The quantitative estimate of drug-likeness (QED) is 0.294. The molecule has 0 spiro atoms. The average molecular weight is 608 g/mol. The van der Waals surface area contributed by atoms with Crippen molar-refractivity contribution in [2.45, 2.75) is 65.6 Å². The second-order valence-corrected chi connectivity index (χ2v) is 11.7. The summed E-state index contributed by atoms with van der Waals surface area (Å²) in [5.41, 5.74) is 3.38. The molecule has 226 valence electrons. The summed E-state index contributed by atoms with van der Waals surface area (Å²) in [6.45, 7) is 9.80. The minimum atomic E-state index is -1.19. The maximum absolute atomic E-state index is 11.8. The van der Waals surface area contributed by atoms with Crippen molar-refractivity contribution in [1.82, 2.24) is 9.88 Å². The van der Waals surface area contributed by atoms with Crippen molar-refractivity contribution in [3.63, 3.8) is 0 Å². The van der Waals surface area contributed by atoms with Gasteiger partial charge in [-0.3, -0.25) is 4.98 Å². The summed E-state index contributed by atoms with van der Waals surface area (Å²) in [5, 5.41) is 28.4. The van der Waals surface area contributed by atoms with Crippen LogP contribution in [0.2, 0.25) is 5.02 Å². The number of rotatable bonds is 11. The largest absolute Gasteiger partial charge is 0.495 e. The molecule has 43 heavy (non-hydrogen) atoms. The summed E-state index contributed by atoms with van der Waals surface area (Å²) in [6, 6.07) is 12.8. The van der Waals surface area contributed by atoms with Crippen LogP contribution in [0.4, 0.5) is 4.79 Å². The molecular weight excluding hydrogens is 573 g/mol. The lowest BCUT2D eigenvalue weighted by Gasteiger charge is -2.32. The normalized spacial score (nSPS) is 15.2. The summed E-state index contributed by atoms with van der Waals surface area (Å²) in [5.74, 6) is 0.683. The first-order chi connectivity index (χ1) is 20.3. The van der Waals surface area contributed by atoms with Gasteiger partial charge in [0.25, 0.3) is 0 Å². The Bertz CT molecular complexity index is 1510. The molecule has 1 amide bonds. The molecule has 10 nitrogen and oxygen atoms in total. The zero-order valence-electron chi connectivity index (χ0n) is 24.9. The van der Waals surface area contributed by atoms with Crippen molar-refractivity contribution in [3.8, 4) is 17.6 Å². The minimum absolute atomic E-state index is 0.0684. The summed E-state index contributed by atoms with van der Waals surface area (Å²) >= 11 is 6.62. The van der Waals surface area contributed by atoms with Crippen LogP contribution in [0.3, 0.4) is 0 Å². The lowest BCUT2D eigenvalue weighted by Crippen LogP contribution is -2.41. The van der Waals surface area contributed by atoms with Gasteiger partial charge in [0, 0.05) is 36.1 Å². The standard InChI is InChI=1S/C31H35BClN3O7/c1-20-23(7-6-8-25(20)32-42-30(2,3)31(4,5)43-32)19-41-28-13-27(40-18-22-11-21(14-34)15-35-16-22)24(12-26(28)33)17-36(9-10-37)29(38)39/h6-8,11-13,15-16,37H,9-10,17-19H2,1-5H3,(H,38,39). The highest BCUT2D eigenvalue weighted by molar-refractivity contribution is 6.62. The van der Waals surface area contributed by atoms with Gasteiger partial charge in [0.15, 0.2) is 0 Å². The van der Waals surface area contributed by atoms with E-state index in [1.807, 2.05) is 58.9 Å². The number of ether oxygens (including phenoxy) is 2. The van der Waals surface area contributed by atoms with E-state index in [2.05, 4.69) is 4.98 Å². The number of carboxylic acid groups (broad SMARTS) is 1. The van der Waals surface area contributed by atoms with Gasteiger partial charge >= 0.3 is 13.2 Å². The van der Waals surface area contributed by atoms with Gasteiger partial charge in [0.1, 0.15) is 30.8 Å². The number of halogens is 1. The number of amides is 1. The molecule has 1 aromatic heterocycles. The minimum Gasteiger partial charge on any atom is -0.488 e. The fraction of sp³-hybridized carbons (Fsp3) is 0.387. The highest BCUT2D eigenvalue weighted by atomic mass is 35.5. The van der Waals surface area contributed by atoms with Gasteiger partial charge in [0.05, 0.1) is 34.9 Å². The summed E-state index contributed by atoms with van der Waals surface area (Å²) in [4.78, 5) is 16.9. The molecule has 1 aliphatic rings. The number of hydrogen-bond acceptors (Lipinski definition) is 8. The average Bonchev–Trinajstić information content (AvgIpc) is 3.18. The van der Waals surface area contributed by atoms with Crippen LogP contribution in [0.1, 0.15) is 55.5 Å². The zero-order valence-corrected chi connectivity index (χ0v) is 25.6. The number of hydrogen-bond donors (Lipinski definition) is 2. The third-order valence-corrected chi connectivity index (χ3v) is 8.11. The molecule has 4 rings (SSSR count). The first-order valence-electron chi connectivity index (χ1n) is 13.8. The smallest absolute Gasteiger partial charge is 0.488 e. The highest BCUT2D eigenvalue weighted by Gasteiger charge is 2.52. The Hall–Kier alpha value is -3.82. The molecule has 2 N–H and O–H groups in total. The molecule has 0 saturated carbocycles. The maximum atomic E-state index is 11.8. The Labute approximate surface area is 256 Å².